The second kappa shape index (κ2) is 7.78. The van der Waals surface area contributed by atoms with Gasteiger partial charge in [0.1, 0.15) is 5.00 Å². The van der Waals surface area contributed by atoms with Crippen LogP contribution in [0.5, 0.6) is 0 Å². The van der Waals surface area contributed by atoms with Gasteiger partial charge in [-0.25, -0.2) is 9.79 Å². The van der Waals surface area contributed by atoms with Crippen molar-refractivity contribution in [3.8, 4) is 0 Å². The van der Waals surface area contributed by atoms with Gasteiger partial charge in [0, 0.05) is 23.2 Å². The van der Waals surface area contributed by atoms with Gasteiger partial charge < -0.3 is 4.74 Å². The summed E-state index contributed by atoms with van der Waals surface area (Å²) in [7, 11) is 0. The molecule has 1 aromatic carbocycles. The fourth-order valence-corrected chi connectivity index (χ4v) is 4.44. The molecular formula is C19H20N2O4S. The average Bonchev–Trinajstić information content (AvgIpc) is 2.97. The monoisotopic (exact) mass is 372 g/mol. The summed E-state index contributed by atoms with van der Waals surface area (Å²) in [5.74, 6) is 0.246. The summed E-state index contributed by atoms with van der Waals surface area (Å²) in [6, 6.07) is 6.26. The Labute approximate surface area is 155 Å². The summed E-state index contributed by atoms with van der Waals surface area (Å²) in [6.45, 7) is 4.30. The molecule has 1 aliphatic carbocycles. The first-order chi connectivity index (χ1) is 12.5. The number of ether oxygens (including phenoxy) is 1. The maximum atomic E-state index is 12.5. The molecule has 1 aliphatic rings. The van der Waals surface area contributed by atoms with Crippen molar-refractivity contribution in [2.45, 2.75) is 33.1 Å². The SMILES string of the molecule is CCOC(=O)c1c(N=Cc2cccc([N+](=O)[O-])c2)sc2c1CCC(C)C2. The number of hydrogen-bond acceptors (Lipinski definition) is 6. The van der Waals surface area contributed by atoms with Crippen LogP contribution >= 0.6 is 11.3 Å². The van der Waals surface area contributed by atoms with Gasteiger partial charge in [0.15, 0.2) is 0 Å². The van der Waals surface area contributed by atoms with Crippen molar-refractivity contribution in [1.82, 2.24) is 0 Å². The molecule has 0 aliphatic heterocycles. The van der Waals surface area contributed by atoms with Crippen molar-refractivity contribution in [2.24, 2.45) is 10.9 Å². The van der Waals surface area contributed by atoms with Gasteiger partial charge in [-0.1, -0.05) is 19.1 Å². The Hall–Kier alpha value is -2.54. The molecule has 0 radical (unpaired) electrons. The molecule has 0 amide bonds. The molecule has 0 spiro atoms. The summed E-state index contributed by atoms with van der Waals surface area (Å²) in [4.78, 5) is 28.6. The fraction of sp³-hybridized carbons (Fsp3) is 0.368. The van der Waals surface area contributed by atoms with Gasteiger partial charge in [-0.05, 0) is 43.2 Å². The first-order valence-electron chi connectivity index (χ1n) is 8.59. The van der Waals surface area contributed by atoms with Crippen molar-refractivity contribution in [2.75, 3.05) is 6.61 Å². The number of carbonyl (C=O) groups is 1. The number of non-ortho nitro benzene ring substituents is 1. The molecule has 0 N–H and O–H groups in total. The summed E-state index contributed by atoms with van der Waals surface area (Å²) >= 11 is 1.52. The Kier molecular flexibility index (Phi) is 5.46. The van der Waals surface area contributed by atoms with E-state index >= 15 is 0 Å². The third-order valence-electron chi connectivity index (χ3n) is 4.38. The van der Waals surface area contributed by atoms with E-state index in [2.05, 4.69) is 11.9 Å². The predicted octanol–water partition coefficient (Wildman–Crippen LogP) is 4.71. The van der Waals surface area contributed by atoms with Gasteiger partial charge in [-0.2, -0.15) is 0 Å². The van der Waals surface area contributed by atoms with Crippen molar-refractivity contribution in [3.63, 3.8) is 0 Å². The van der Waals surface area contributed by atoms with Gasteiger partial charge in [0.2, 0.25) is 0 Å². The van der Waals surface area contributed by atoms with Crippen molar-refractivity contribution in [1.29, 1.82) is 0 Å². The predicted molar refractivity (Wildman–Crippen MR) is 102 cm³/mol. The number of fused-ring (bicyclic) bond motifs is 1. The summed E-state index contributed by atoms with van der Waals surface area (Å²) < 4.78 is 5.23. The van der Waals surface area contributed by atoms with Crippen molar-refractivity contribution < 1.29 is 14.5 Å². The molecular weight excluding hydrogens is 352 g/mol. The molecule has 1 atom stereocenters. The third kappa shape index (κ3) is 3.83. The smallest absolute Gasteiger partial charge is 0.341 e. The van der Waals surface area contributed by atoms with E-state index < -0.39 is 4.92 Å². The number of hydrogen-bond donors (Lipinski definition) is 0. The van der Waals surface area contributed by atoms with Gasteiger partial charge >= 0.3 is 5.97 Å². The van der Waals surface area contributed by atoms with Crippen LogP contribution in [0.3, 0.4) is 0 Å². The second-order valence-corrected chi connectivity index (χ2v) is 7.45. The largest absolute Gasteiger partial charge is 0.462 e. The molecule has 0 bridgehead atoms. The zero-order valence-electron chi connectivity index (χ0n) is 14.7. The third-order valence-corrected chi connectivity index (χ3v) is 5.55. The number of nitro benzene ring substituents is 1. The topological polar surface area (TPSA) is 81.8 Å². The molecule has 0 saturated heterocycles. The number of nitrogens with zero attached hydrogens (tertiary/aromatic N) is 2. The quantitative estimate of drug-likeness (QED) is 0.329. The van der Waals surface area contributed by atoms with E-state index in [1.165, 1.54) is 28.3 Å². The lowest BCUT2D eigenvalue weighted by Gasteiger charge is -2.18. The van der Waals surface area contributed by atoms with Crippen LogP contribution < -0.4 is 0 Å². The van der Waals surface area contributed by atoms with Crippen molar-refractivity contribution in [3.05, 3.63) is 55.9 Å². The van der Waals surface area contributed by atoms with E-state index in [-0.39, 0.29) is 11.7 Å². The summed E-state index contributed by atoms with van der Waals surface area (Å²) in [5, 5.41) is 11.5. The molecule has 136 valence electrons. The van der Waals surface area contributed by atoms with E-state index in [0.717, 1.165) is 24.8 Å². The lowest BCUT2D eigenvalue weighted by molar-refractivity contribution is -0.384. The second-order valence-electron chi connectivity index (χ2n) is 6.36. The molecule has 1 unspecified atom stereocenters. The lowest BCUT2D eigenvalue weighted by Crippen LogP contribution is -2.13. The Bertz CT molecular complexity index is 872. The van der Waals surface area contributed by atoms with E-state index in [1.54, 1.807) is 25.3 Å². The van der Waals surface area contributed by atoms with Gasteiger partial charge in [0.25, 0.3) is 5.69 Å². The highest BCUT2D eigenvalue weighted by Crippen LogP contribution is 2.41. The van der Waals surface area contributed by atoms with Crippen molar-refractivity contribution >= 4 is 34.2 Å². The lowest BCUT2D eigenvalue weighted by atomic mass is 9.88. The number of rotatable bonds is 5. The number of thiophene rings is 1. The maximum Gasteiger partial charge on any atom is 0.341 e. The van der Waals surface area contributed by atoms with Crippen LogP contribution in [0.4, 0.5) is 10.7 Å². The molecule has 0 saturated carbocycles. The Morgan fingerprint density at radius 1 is 1.50 bits per heavy atom. The number of carbonyl (C=O) groups excluding carboxylic acids is 1. The number of esters is 1. The maximum absolute atomic E-state index is 12.5. The van der Waals surface area contributed by atoms with Gasteiger partial charge in [-0.3, -0.25) is 10.1 Å². The molecule has 1 heterocycles. The fourth-order valence-electron chi connectivity index (χ4n) is 3.09. The minimum Gasteiger partial charge on any atom is -0.462 e. The van der Waals surface area contributed by atoms with Crippen LogP contribution in [0.1, 0.15) is 46.6 Å². The molecule has 6 nitrogen and oxygen atoms in total. The average molecular weight is 372 g/mol. The zero-order chi connectivity index (χ0) is 18.7. The molecule has 1 aromatic heterocycles. The highest BCUT2D eigenvalue weighted by molar-refractivity contribution is 7.16. The van der Waals surface area contributed by atoms with Gasteiger partial charge in [-0.15, -0.1) is 11.3 Å². The highest BCUT2D eigenvalue weighted by atomic mass is 32.1. The molecule has 3 rings (SSSR count). The zero-order valence-corrected chi connectivity index (χ0v) is 15.5. The van der Waals surface area contributed by atoms with E-state index in [4.69, 9.17) is 4.74 Å². The summed E-state index contributed by atoms with van der Waals surface area (Å²) in [6.07, 6.45) is 4.41. The van der Waals surface area contributed by atoms with Crippen LogP contribution in [0.15, 0.2) is 29.3 Å². The van der Waals surface area contributed by atoms with E-state index in [0.29, 0.717) is 28.7 Å². The Balaban J connectivity index is 1.97. The number of aliphatic imine (C=N–C) groups is 1. The molecule has 2 aromatic rings. The van der Waals surface area contributed by atoms with Crippen LogP contribution in [0.2, 0.25) is 0 Å². The van der Waals surface area contributed by atoms with Crippen LogP contribution in [-0.2, 0) is 17.6 Å². The highest BCUT2D eigenvalue weighted by Gasteiger charge is 2.28. The van der Waals surface area contributed by atoms with Crippen LogP contribution in [0.25, 0.3) is 0 Å². The molecule has 7 heteroatoms. The van der Waals surface area contributed by atoms with E-state index in [1.807, 2.05) is 0 Å². The number of nitro groups is 1. The number of benzene rings is 1. The van der Waals surface area contributed by atoms with Crippen LogP contribution in [-0.4, -0.2) is 23.7 Å². The molecule has 26 heavy (non-hydrogen) atoms. The first kappa shape index (κ1) is 18.3. The minimum absolute atomic E-state index is 0.0128. The Morgan fingerprint density at radius 3 is 3.04 bits per heavy atom. The van der Waals surface area contributed by atoms with Crippen LogP contribution in [0, 0.1) is 16.0 Å². The van der Waals surface area contributed by atoms with E-state index in [9.17, 15) is 14.9 Å². The Morgan fingerprint density at radius 2 is 2.31 bits per heavy atom. The standard InChI is InChI=1S/C19H20N2O4S/c1-3-25-19(22)17-15-8-7-12(2)9-16(15)26-18(17)20-11-13-5-4-6-14(10-13)21(23)24/h4-6,10-12H,3,7-9H2,1-2H3. The first-order valence-corrected chi connectivity index (χ1v) is 9.41. The summed E-state index contributed by atoms with van der Waals surface area (Å²) in [5.41, 5.74) is 2.24. The van der Waals surface area contributed by atoms with Gasteiger partial charge in [0.05, 0.1) is 17.1 Å². The normalized spacial score (nSPS) is 16.5. The minimum atomic E-state index is -0.438. The molecule has 0 fully saturated rings.